The van der Waals surface area contributed by atoms with Gasteiger partial charge in [-0.05, 0) is 75.4 Å². The van der Waals surface area contributed by atoms with Crippen LogP contribution in [0.2, 0.25) is 0 Å². The molecular formula is C17H26FNO. The Hall–Kier alpha value is -0.930. The number of ether oxygens (including phenoxy) is 1. The molecule has 0 spiro atoms. The molecule has 1 N–H and O–H groups in total. The van der Waals surface area contributed by atoms with Gasteiger partial charge in [0, 0.05) is 0 Å². The molecule has 1 aromatic rings. The smallest absolute Gasteiger partial charge is 0.123 e. The molecule has 0 saturated carbocycles. The molecule has 1 fully saturated rings. The maximum Gasteiger partial charge on any atom is 0.123 e. The van der Waals surface area contributed by atoms with Crippen LogP contribution < -0.4 is 5.32 Å². The third-order valence-corrected chi connectivity index (χ3v) is 4.12. The summed E-state index contributed by atoms with van der Waals surface area (Å²) in [4.78, 5) is 0. The van der Waals surface area contributed by atoms with E-state index < -0.39 is 0 Å². The summed E-state index contributed by atoms with van der Waals surface area (Å²) in [5, 5.41) is 3.60. The molecule has 0 radical (unpaired) electrons. The minimum atomic E-state index is -0.154. The van der Waals surface area contributed by atoms with Crippen molar-refractivity contribution in [1.29, 1.82) is 0 Å². The van der Waals surface area contributed by atoms with Gasteiger partial charge in [-0.15, -0.1) is 0 Å². The van der Waals surface area contributed by atoms with Gasteiger partial charge in [0.25, 0.3) is 0 Å². The van der Waals surface area contributed by atoms with Gasteiger partial charge < -0.3 is 10.1 Å². The molecule has 1 aromatic carbocycles. The van der Waals surface area contributed by atoms with Crippen LogP contribution >= 0.6 is 0 Å². The highest BCUT2D eigenvalue weighted by Gasteiger charge is 2.32. The van der Waals surface area contributed by atoms with Crippen LogP contribution in [0.5, 0.6) is 0 Å². The van der Waals surface area contributed by atoms with Gasteiger partial charge >= 0.3 is 0 Å². The van der Waals surface area contributed by atoms with Crippen LogP contribution in [0.1, 0.15) is 55.8 Å². The highest BCUT2D eigenvalue weighted by atomic mass is 19.1. The van der Waals surface area contributed by atoms with Crippen molar-refractivity contribution in [2.24, 2.45) is 0 Å². The van der Waals surface area contributed by atoms with Gasteiger partial charge in [0.1, 0.15) is 5.82 Å². The van der Waals surface area contributed by atoms with Gasteiger partial charge in [-0.3, -0.25) is 0 Å². The minimum Gasteiger partial charge on any atom is -0.373 e. The summed E-state index contributed by atoms with van der Waals surface area (Å²) in [5.74, 6) is -0.154. The van der Waals surface area contributed by atoms with E-state index in [0.717, 1.165) is 36.9 Å². The predicted octanol–water partition coefficient (Wildman–Crippen LogP) is 4.05. The zero-order chi connectivity index (χ0) is 14.7. The van der Waals surface area contributed by atoms with Crippen LogP contribution in [0.3, 0.4) is 0 Å². The molecule has 3 atom stereocenters. The van der Waals surface area contributed by atoms with E-state index in [1.807, 2.05) is 13.8 Å². The third-order valence-electron chi connectivity index (χ3n) is 4.12. The Morgan fingerprint density at radius 3 is 2.45 bits per heavy atom. The van der Waals surface area contributed by atoms with E-state index in [4.69, 9.17) is 4.74 Å². The molecule has 2 rings (SSSR count). The van der Waals surface area contributed by atoms with Crippen molar-refractivity contribution >= 4 is 0 Å². The van der Waals surface area contributed by atoms with Crippen LogP contribution in [-0.4, -0.2) is 18.8 Å². The third kappa shape index (κ3) is 3.39. The summed E-state index contributed by atoms with van der Waals surface area (Å²) < 4.78 is 19.6. The maximum atomic E-state index is 13.5. The van der Waals surface area contributed by atoms with E-state index in [2.05, 4.69) is 19.2 Å². The van der Waals surface area contributed by atoms with Crippen molar-refractivity contribution in [2.75, 3.05) is 6.54 Å². The molecule has 1 saturated heterocycles. The highest BCUT2D eigenvalue weighted by molar-refractivity contribution is 5.37. The maximum absolute atomic E-state index is 13.5. The van der Waals surface area contributed by atoms with Crippen molar-refractivity contribution in [3.63, 3.8) is 0 Å². The number of aryl methyl sites for hydroxylation is 2. The Bertz CT molecular complexity index is 437. The van der Waals surface area contributed by atoms with Crippen LogP contribution in [0, 0.1) is 19.7 Å². The average molecular weight is 279 g/mol. The van der Waals surface area contributed by atoms with Crippen LogP contribution in [0.15, 0.2) is 12.1 Å². The topological polar surface area (TPSA) is 21.3 Å². The lowest BCUT2D eigenvalue weighted by Crippen LogP contribution is -2.34. The van der Waals surface area contributed by atoms with Gasteiger partial charge in [0.2, 0.25) is 0 Å². The van der Waals surface area contributed by atoms with Crippen molar-refractivity contribution < 1.29 is 9.13 Å². The average Bonchev–Trinajstić information content (AvgIpc) is 2.78. The Labute approximate surface area is 121 Å². The van der Waals surface area contributed by atoms with Crippen molar-refractivity contribution in [3.05, 3.63) is 34.6 Å². The molecule has 112 valence electrons. The second-order valence-electron chi connectivity index (χ2n) is 5.95. The van der Waals surface area contributed by atoms with Crippen molar-refractivity contribution in [3.8, 4) is 0 Å². The zero-order valence-electron chi connectivity index (χ0n) is 13.0. The van der Waals surface area contributed by atoms with E-state index in [1.54, 1.807) is 12.1 Å². The Balaban J connectivity index is 2.31. The summed E-state index contributed by atoms with van der Waals surface area (Å²) in [6.07, 6.45) is 3.77. The summed E-state index contributed by atoms with van der Waals surface area (Å²) in [6.45, 7) is 9.22. The fourth-order valence-electron chi connectivity index (χ4n) is 3.21. The lowest BCUT2D eigenvalue weighted by atomic mass is 9.91. The molecule has 2 nitrogen and oxygen atoms in total. The Kier molecular flexibility index (Phi) is 5.17. The summed E-state index contributed by atoms with van der Waals surface area (Å²) in [5.41, 5.74) is 3.23. The van der Waals surface area contributed by atoms with E-state index >= 15 is 0 Å². The molecule has 3 unspecified atom stereocenters. The first kappa shape index (κ1) is 15.5. The monoisotopic (exact) mass is 279 g/mol. The van der Waals surface area contributed by atoms with Gasteiger partial charge in [0.15, 0.2) is 0 Å². The first-order valence-corrected chi connectivity index (χ1v) is 7.68. The van der Waals surface area contributed by atoms with Gasteiger partial charge in [-0.1, -0.05) is 6.92 Å². The standard InChI is InChI=1S/C17H26FNO/c1-5-8-19-17(15-7-6-13(4)20-15)16-11(2)9-14(18)10-12(16)3/h9-10,13,15,17,19H,5-8H2,1-4H3. The largest absolute Gasteiger partial charge is 0.373 e. The molecule has 3 heteroatoms. The van der Waals surface area contributed by atoms with E-state index in [-0.39, 0.29) is 18.0 Å². The molecule has 1 heterocycles. The zero-order valence-corrected chi connectivity index (χ0v) is 13.0. The first-order chi connectivity index (χ1) is 9.52. The minimum absolute atomic E-state index is 0.154. The van der Waals surface area contributed by atoms with Crippen molar-refractivity contribution in [1.82, 2.24) is 5.32 Å². The number of hydrogen-bond donors (Lipinski definition) is 1. The molecule has 20 heavy (non-hydrogen) atoms. The van der Waals surface area contributed by atoms with Gasteiger partial charge in [-0.25, -0.2) is 4.39 Å². The van der Waals surface area contributed by atoms with Crippen molar-refractivity contribution in [2.45, 2.75) is 65.2 Å². The highest BCUT2D eigenvalue weighted by Crippen LogP contribution is 2.33. The number of benzene rings is 1. The molecule has 1 aliphatic heterocycles. The van der Waals surface area contributed by atoms with Crippen LogP contribution in [0.25, 0.3) is 0 Å². The first-order valence-electron chi connectivity index (χ1n) is 7.68. The van der Waals surface area contributed by atoms with Crippen LogP contribution in [-0.2, 0) is 4.74 Å². The van der Waals surface area contributed by atoms with Gasteiger partial charge in [0.05, 0.1) is 18.2 Å². The number of nitrogens with one attached hydrogen (secondary N) is 1. The van der Waals surface area contributed by atoms with E-state index in [9.17, 15) is 4.39 Å². The van der Waals surface area contributed by atoms with Crippen LogP contribution in [0.4, 0.5) is 4.39 Å². The molecule has 0 aliphatic carbocycles. The Morgan fingerprint density at radius 1 is 1.30 bits per heavy atom. The molecule has 0 amide bonds. The molecule has 0 bridgehead atoms. The lowest BCUT2D eigenvalue weighted by molar-refractivity contribution is 0.0313. The van der Waals surface area contributed by atoms with E-state index in [0.29, 0.717) is 6.10 Å². The predicted molar refractivity (Wildman–Crippen MR) is 80.5 cm³/mol. The fourth-order valence-corrected chi connectivity index (χ4v) is 3.21. The number of hydrogen-bond acceptors (Lipinski definition) is 2. The summed E-state index contributed by atoms with van der Waals surface area (Å²) in [6, 6.07) is 3.42. The van der Waals surface area contributed by atoms with E-state index in [1.165, 1.54) is 5.56 Å². The normalized spacial score (nSPS) is 24.1. The van der Waals surface area contributed by atoms with Gasteiger partial charge in [-0.2, -0.15) is 0 Å². The Morgan fingerprint density at radius 2 is 1.95 bits per heavy atom. The summed E-state index contributed by atoms with van der Waals surface area (Å²) in [7, 11) is 0. The lowest BCUT2D eigenvalue weighted by Gasteiger charge is -2.28. The molecule has 1 aliphatic rings. The number of halogens is 1. The summed E-state index contributed by atoms with van der Waals surface area (Å²) >= 11 is 0. The molecule has 0 aromatic heterocycles. The quantitative estimate of drug-likeness (QED) is 0.878. The number of rotatable bonds is 5. The fraction of sp³-hybridized carbons (Fsp3) is 0.647. The molecular weight excluding hydrogens is 253 g/mol. The second kappa shape index (κ2) is 6.68. The second-order valence-corrected chi connectivity index (χ2v) is 5.95. The SMILES string of the molecule is CCCNC(c1c(C)cc(F)cc1C)C1CCC(C)O1.